The molecule has 0 aliphatic carbocycles. The van der Waals surface area contributed by atoms with Gasteiger partial charge in [0.15, 0.2) is 18.4 Å². The summed E-state index contributed by atoms with van der Waals surface area (Å²) < 4.78 is 17.9. The fourth-order valence-corrected chi connectivity index (χ4v) is 5.60. The van der Waals surface area contributed by atoms with E-state index >= 15 is 0 Å². The number of hydrogen-bond donors (Lipinski definition) is 0. The molecule has 1 saturated heterocycles. The van der Waals surface area contributed by atoms with Gasteiger partial charge in [0.05, 0.1) is 18.2 Å². The number of fused-ring (bicyclic) bond motifs is 1. The van der Waals surface area contributed by atoms with Gasteiger partial charge in [0.1, 0.15) is 18.1 Å². The molecule has 2 aromatic rings. The number of nitriles is 1. The average Bonchev–Trinajstić information content (AvgIpc) is 2.88. The Kier molecular flexibility index (Phi) is 8.49. The van der Waals surface area contributed by atoms with Gasteiger partial charge in [0.2, 0.25) is 0 Å². The van der Waals surface area contributed by atoms with Crippen LogP contribution in [0.3, 0.4) is 0 Å². The van der Waals surface area contributed by atoms with E-state index < -0.39 is 8.07 Å². The van der Waals surface area contributed by atoms with Crippen molar-refractivity contribution in [2.45, 2.75) is 58.4 Å². The minimum Gasteiger partial charge on any atom is -0.487 e. The molecule has 1 aromatic carbocycles. The number of benzene rings is 1. The van der Waals surface area contributed by atoms with Crippen LogP contribution in [0.5, 0.6) is 11.5 Å². The zero-order valence-electron chi connectivity index (χ0n) is 22.3. The third kappa shape index (κ3) is 6.17. The van der Waals surface area contributed by atoms with E-state index in [-0.39, 0.29) is 6.79 Å². The fraction of sp³-hybridized carbons (Fsp3) is 0.593. The molecule has 0 amide bonds. The van der Waals surface area contributed by atoms with Crippen molar-refractivity contribution in [2.24, 2.45) is 0 Å². The third-order valence-electron chi connectivity index (χ3n) is 7.02. The maximum absolute atomic E-state index is 9.44. The van der Waals surface area contributed by atoms with Crippen LogP contribution in [0, 0.1) is 18.3 Å². The van der Waals surface area contributed by atoms with Crippen LogP contribution in [0.2, 0.25) is 25.7 Å². The lowest BCUT2D eigenvalue weighted by Crippen LogP contribution is -2.50. The van der Waals surface area contributed by atoms with Crippen LogP contribution >= 0.6 is 0 Å². The summed E-state index contributed by atoms with van der Waals surface area (Å²) in [5.74, 6) is 2.19. The number of piperidine rings is 1. The minimum absolute atomic E-state index is 0.129. The summed E-state index contributed by atoms with van der Waals surface area (Å²) in [7, 11) is -1.17. The lowest BCUT2D eigenvalue weighted by Gasteiger charge is -2.41. The highest BCUT2D eigenvalue weighted by molar-refractivity contribution is 6.76. The van der Waals surface area contributed by atoms with Crippen LogP contribution in [0.1, 0.15) is 30.9 Å². The van der Waals surface area contributed by atoms with E-state index in [2.05, 4.69) is 52.6 Å². The maximum Gasteiger partial charge on any atom is 0.194 e. The predicted molar refractivity (Wildman–Crippen MR) is 144 cm³/mol. The van der Waals surface area contributed by atoms with Crippen molar-refractivity contribution in [3.05, 3.63) is 29.3 Å². The Bertz CT molecular complexity index is 1100. The van der Waals surface area contributed by atoms with E-state index in [0.717, 1.165) is 61.3 Å². The molecule has 1 aromatic heterocycles. The standard InChI is InChI=1S/C27H39N5O3Si/c1-6-31-11-7-8-22(18-31)32-12-13-34-26-20(2)25(29-30-27(26)32)23-10-9-21(17-28)16-24(23)35-19-33-14-15-36(3,4)5/h9-10,16,22H,6-8,11-15,18-19H2,1-5H3/t22-/m1/s1. The number of ether oxygens (including phenoxy) is 3. The highest BCUT2D eigenvalue weighted by Gasteiger charge is 2.32. The van der Waals surface area contributed by atoms with Gasteiger partial charge >= 0.3 is 0 Å². The first-order valence-corrected chi connectivity index (χ1v) is 16.8. The molecule has 3 heterocycles. The van der Waals surface area contributed by atoms with Crippen molar-refractivity contribution in [3.63, 3.8) is 0 Å². The van der Waals surface area contributed by atoms with Crippen molar-refractivity contribution in [1.29, 1.82) is 5.26 Å². The predicted octanol–water partition coefficient (Wildman–Crippen LogP) is 4.70. The summed E-state index contributed by atoms with van der Waals surface area (Å²) in [4.78, 5) is 4.89. The van der Waals surface area contributed by atoms with Gasteiger partial charge in [0, 0.05) is 38.4 Å². The Balaban J connectivity index is 1.58. The van der Waals surface area contributed by atoms with Crippen LogP contribution < -0.4 is 14.4 Å². The van der Waals surface area contributed by atoms with Crippen LogP contribution in [0.15, 0.2) is 18.2 Å². The summed E-state index contributed by atoms with van der Waals surface area (Å²) in [6.07, 6.45) is 2.35. The molecule has 4 rings (SSSR count). The van der Waals surface area contributed by atoms with E-state index in [1.165, 1.54) is 6.42 Å². The molecule has 1 fully saturated rings. The maximum atomic E-state index is 9.44. The summed E-state index contributed by atoms with van der Waals surface area (Å²) in [6, 6.07) is 9.09. The number of likely N-dealkylation sites (tertiary alicyclic amines) is 1. The van der Waals surface area contributed by atoms with E-state index in [4.69, 9.17) is 14.2 Å². The van der Waals surface area contributed by atoms with Gasteiger partial charge in [-0.1, -0.05) is 26.6 Å². The van der Waals surface area contributed by atoms with E-state index in [1.807, 2.05) is 13.0 Å². The zero-order chi connectivity index (χ0) is 25.7. The highest BCUT2D eigenvalue weighted by Crippen LogP contribution is 2.41. The van der Waals surface area contributed by atoms with E-state index in [1.54, 1.807) is 12.1 Å². The normalized spacial score (nSPS) is 18.3. The number of hydrogen-bond acceptors (Lipinski definition) is 8. The molecule has 9 heteroatoms. The van der Waals surface area contributed by atoms with Crippen molar-refractivity contribution in [1.82, 2.24) is 15.1 Å². The molecular weight excluding hydrogens is 470 g/mol. The second-order valence-corrected chi connectivity index (χ2v) is 16.5. The summed E-state index contributed by atoms with van der Waals surface area (Å²) in [5, 5.41) is 18.8. The molecule has 0 radical (unpaired) electrons. The van der Waals surface area contributed by atoms with Crippen molar-refractivity contribution < 1.29 is 14.2 Å². The molecule has 0 unspecified atom stereocenters. The molecule has 0 N–H and O–H groups in total. The Morgan fingerprint density at radius 3 is 2.81 bits per heavy atom. The molecule has 194 valence electrons. The molecule has 0 bridgehead atoms. The van der Waals surface area contributed by atoms with Crippen LogP contribution in [0.25, 0.3) is 11.3 Å². The second-order valence-electron chi connectivity index (χ2n) is 10.9. The van der Waals surface area contributed by atoms with Gasteiger partial charge in [-0.25, -0.2) is 0 Å². The van der Waals surface area contributed by atoms with E-state index in [0.29, 0.717) is 36.3 Å². The highest BCUT2D eigenvalue weighted by atomic mass is 28.3. The lowest BCUT2D eigenvalue weighted by atomic mass is 10.0. The molecular formula is C27H39N5O3Si. The van der Waals surface area contributed by atoms with Gasteiger partial charge in [-0.15, -0.1) is 10.2 Å². The third-order valence-corrected chi connectivity index (χ3v) is 8.73. The SMILES string of the molecule is CCN1CCC[C@@H](N2CCOc3c2nnc(-c2ccc(C#N)cc2OCOCC[Si](C)(C)C)c3C)C1. The first-order valence-electron chi connectivity index (χ1n) is 13.0. The summed E-state index contributed by atoms with van der Waals surface area (Å²) in [5.41, 5.74) is 2.95. The molecule has 0 saturated carbocycles. The topological polar surface area (TPSA) is 83.7 Å². The minimum atomic E-state index is -1.17. The summed E-state index contributed by atoms with van der Waals surface area (Å²) >= 11 is 0. The Labute approximate surface area is 216 Å². The molecule has 36 heavy (non-hydrogen) atoms. The van der Waals surface area contributed by atoms with Crippen LogP contribution in [-0.4, -0.2) is 75.4 Å². The van der Waals surface area contributed by atoms with Gasteiger partial charge in [0.25, 0.3) is 0 Å². The number of aromatic nitrogens is 2. The van der Waals surface area contributed by atoms with Crippen molar-refractivity contribution in [2.75, 3.05) is 51.1 Å². The van der Waals surface area contributed by atoms with Crippen LogP contribution in [0.4, 0.5) is 5.82 Å². The first kappa shape index (κ1) is 26.4. The Morgan fingerprint density at radius 2 is 2.06 bits per heavy atom. The largest absolute Gasteiger partial charge is 0.487 e. The molecule has 2 aliphatic rings. The Hall–Kier alpha value is -2.67. The fourth-order valence-electron chi connectivity index (χ4n) is 4.84. The number of rotatable bonds is 9. The molecule has 8 nitrogen and oxygen atoms in total. The van der Waals surface area contributed by atoms with Gasteiger partial charge in [-0.2, -0.15) is 5.26 Å². The van der Waals surface area contributed by atoms with Gasteiger partial charge < -0.3 is 24.0 Å². The number of anilines is 1. The molecule has 2 aliphatic heterocycles. The quantitative estimate of drug-likeness (QED) is 0.273. The lowest BCUT2D eigenvalue weighted by molar-refractivity contribution is 0.0224. The number of likely N-dealkylation sites (N-methyl/N-ethyl adjacent to an activating group) is 1. The van der Waals surface area contributed by atoms with Crippen LogP contribution in [-0.2, 0) is 4.74 Å². The molecule has 0 spiro atoms. The van der Waals surface area contributed by atoms with Gasteiger partial charge in [-0.05, 0) is 57.1 Å². The average molecular weight is 510 g/mol. The monoisotopic (exact) mass is 509 g/mol. The van der Waals surface area contributed by atoms with E-state index in [9.17, 15) is 5.26 Å². The first-order chi connectivity index (χ1) is 17.3. The zero-order valence-corrected chi connectivity index (χ0v) is 23.3. The van der Waals surface area contributed by atoms with Crippen molar-refractivity contribution >= 4 is 13.9 Å². The van der Waals surface area contributed by atoms with Gasteiger partial charge in [-0.3, -0.25) is 0 Å². The smallest absolute Gasteiger partial charge is 0.194 e. The summed E-state index contributed by atoms with van der Waals surface area (Å²) in [6.45, 7) is 16.7. The second kappa shape index (κ2) is 11.6. The number of nitrogens with zero attached hydrogens (tertiary/aromatic N) is 5. The van der Waals surface area contributed by atoms with Crippen molar-refractivity contribution in [3.8, 4) is 28.8 Å². The Morgan fingerprint density at radius 1 is 1.22 bits per heavy atom. The molecule has 1 atom stereocenters.